The van der Waals surface area contributed by atoms with Crippen molar-refractivity contribution in [1.29, 1.82) is 0 Å². The van der Waals surface area contributed by atoms with Gasteiger partial charge in [-0.15, -0.1) is 0 Å². The van der Waals surface area contributed by atoms with E-state index in [0.29, 0.717) is 12.6 Å². The summed E-state index contributed by atoms with van der Waals surface area (Å²) in [6.45, 7) is 1.28. The molecule has 1 amide bonds. The number of piperidine rings is 1. The first-order valence-corrected chi connectivity index (χ1v) is 9.32. The lowest BCUT2D eigenvalue weighted by atomic mass is 10.0. The van der Waals surface area contributed by atoms with E-state index in [2.05, 4.69) is 15.5 Å². The van der Waals surface area contributed by atoms with E-state index in [1.807, 2.05) is 11.0 Å². The summed E-state index contributed by atoms with van der Waals surface area (Å²) in [6, 6.07) is 10.7. The van der Waals surface area contributed by atoms with Crippen LogP contribution in [0.5, 0.6) is 0 Å². The molecule has 0 saturated carbocycles. The largest absolute Gasteiger partial charge is 0.353 e. The third kappa shape index (κ3) is 4.26. The van der Waals surface area contributed by atoms with Crippen LogP contribution in [0.25, 0.3) is 11.3 Å². The maximum atomic E-state index is 13.8. The lowest BCUT2D eigenvalue weighted by molar-refractivity contribution is 0.0929. The second-order valence-corrected chi connectivity index (χ2v) is 7.03. The number of rotatable bonds is 4. The van der Waals surface area contributed by atoms with Gasteiger partial charge >= 0.3 is 0 Å². The summed E-state index contributed by atoms with van der Waals surface area (Å²) in [5, 5.41) is 10.1. The molecule has 1 unspecified atom stereocenters. The van der Waals surface area contributed by atoms with Crippen molar-refractivity contribution >= 4 is 11.7 Å². The topological polar surface area (TPSA) is 61.0 Å². The van der Waals surface area contributed by atoms with Gasteiger partial charge in [0.1, 0.15) is 17.5 Å². The molecule has 1 aromatic heterocycles. The van der Waals surface area contributed by atoms with Gasteiger partial charge in [-0.25, -0.2) is 13.2 Å². The van der Waals surface area contributed by atoms with E-state index in [1.165, 1.54) is 12.1 Å². The molecule has 2 N–H and O–H groups in total. The predicted molar refractivity (Wildman–Crippen MR) is 103 cm³/mol. The molecule has 4 rings (SSSR count). The molecule has 29 heavy (non-hydrogen) atoms. The highest BCUT2D eigenvalue weighted by atomic mass is 19.1. The van der Waals surface area contributed by atoms with Crippen LogP contribution in [-0.4, -0.2) is 35.2 Å². The highest BCUT2D eigenvalue weighted by Gasteiger charge is 2.24. The van der Waals surface area contributed by atoms with Gasteiger partial charge in [0, 0.05) is 31.3 Å². The third-order valence-corrected chi connectivity index (χ3v) is 4.98. The summed E-state index contributed by atoms with van der Waals surface area (Å²) in [7, 11) is 0. The number of carbonyl (C=O) groups is 1. The van der Waals surface area contributed by atoms with Crippen molar-refractivity contribution in [3.63, 3.8) is 0 Å². The molecule has 2 heterocycles. The fraction of sp³-hybridized carbons (Fsp3) is 0.238. The number of benzene rings is 2. The van der Waals surface area contributed by atoms with Crippen molar-refractivity contribution < 1.29 is 18.0 Å². The Bertz CT molecular complexity index is 1020. The molecular formula is C21H19F3N4O. The Balaban J connectivity index is 1.43. The number of halogens is 3. The quantitative estimate of drug-likeness (QED) is 0.699. The van der Waals surface area contributed by atoms with Crippen LogP contribution in [0.1, 0.15) is 23.2 Å². The van der Waals surface area contributed by atoms with Crippen LogP contribution < -0.4 is 10.2 Å². The standard InChI is InChI=1S/C21H19F3N4O/c22-14-5-3-13(4-6-14)19-11-20(27-26-19)28-9-1-2-16(12-28)25-21(29)17-8-7-15(23)10-18(17)24/h3-8,10-11,16H,1-2,9,12H2,(H,25,29)(H,26,27). The molecule has 0 aliphatic carbocycles. The number of H-pyrrole nitrogens is 1. The summed E-state index contributed by atoms with van der Waals surface area (Å²) in [5.74, 6) is -1.76. The molecule has 0 bridgehead atoms. The van der Waals surface area contributed by atoms with Crippen LogP contribution >= 0.6 is 0 Å². The van der Waals surface area contributed by atoms with Crippen LogP contribution in [0.4, 0.5) is 19.0 Å². The van der Waals surface area contributed by atoms with Gasteiger partial charge in [-0.1, -0.05) is 0 Å². The van der Waals surface area contributed by atoms with Crippen molar-refractivity contribution in [2.24, 2.45) is 0 Å². The van der Waals surface area contributed by atoms with E-state index in [4.69, 9.17) is 0 Å². The van der Waals surface area contributed by atoms with Gasteiger partial charge < -0.3 is 10.2 Å². The highest BCUT2D eigenvalue weighted by Crippen LogP contribution is 2.24. The van der Waals surface area contributed by atoms with E-state index < -0.39 is 17.5 Å². The van der Waals surface area contributed by atoms with Crippen molar-refractivity contribution in [3.8, 4) is 11.3 Å². The minimum atomic E-state index is -0.883. The normalized spacial score (nSPS) is 16.7. The Morgan fingerprint density at radius 3 is 2.59 bits per heavy atom. The van der Waals surface area contributed by atoms with Crippen LogP contribution in [0.15, 0.2) is 48.5 Å². The Labute approximate surface area is 165 Å². The second kappa shape index (κ2) is 7.98. The summed E-state index contributed by atoms with van der Waals surface area (Å²) in [6.07, 6.45) is 1.58. The average Bonchev–Trinajstić information content (AvgIpc) is 3.19. The minimum absolute atomic E-state index is 0.179. The molecule has 150 valence electrons. The molecule has 5 nitrogen and oxygen atoms in total. The Morgan fingerprint density at radius 2 is 1.83 bits per heavy atom. The number of aromatic nitrogens is 2. The van der Waals surface area contributed by atoms with E-state index in [9.17, 15) is 18.0 Å². The maximum Gasteiger partial charge on any atom is 0.254 e. The maximum absolute atomic E-state index is 13.8. The average molecular weight is 400 g/mol. The van der Waals surface area contributed by atoms with Crippen molar-refractivity contribution in [3.05, 3.63) is 71.5 Å². The predicted octanol–water partition coefficient (Wildman–Crippen LogP) is 3.89. The fourth-order valence-corrected chi connectivity index (χ4v) is 3.49. The van der Waals surface area contributed by atoms with Gasteiger partial charge in [0.2, 0.25) is 0 Å². The van der Waals surface area contributed by atoms with E-state index >= 15 is 0 Å². The summed E-state index contributed by atoms with van der Waals surface area (Å²) in [5.41, 5.74) is 1.40. The molecule has 1 aliphatic rings. The first kappa shape index (κ1) is 19.0. The Kier molecular flexibility index (Phi) is 5.24. The summed E-state index contributed by atoms with van der Waals surface area (Å²) < 4.78 is 40.0. The van der Waals surface area contributed by atoms with Gasteiger partial charge in [0.05, 0.1) is 11.3 Å². The first-order valence-electron chi connectivity index (χ1n) is 9.32. The lowest BCUT2D eigenvalue weighted by Crippen LogP contribution is -2.48. The zero-order valence-corrected chi connectivity index (χ0v) is 15.5. The van der Waals surface area contributed by atoms with Crippen LogP contribution in [-0.2, 0) is 0 Å². The minimum Gasteiger partial charge on any atom is -0.353 e. The molecule has 3 aromatic rings. The molecule has 0 spiro atoms. The molecule has 1 fully saturated rings. The van der Waals surface area contributed by atoms with Crippen LogP contribution in [0.3, 0.4) is 0 Å². The number of nitrogens with one attached hydrogen (secondary N) is 2. The number of amides is 1. The van der Waals surface area contributed by atoms with Crippen molar-refractivity contribution in [2.75, 3.05) is 18.0 Å². The van der Waals surface area contributed by atoms with Crippen molar-refractivity contribution in [1.82, 2.24) is 15.5 Å². The second-order valence-electron chi connectivity index (χ2n) is 7.03. The number of hydrogen-bond donors (Lipinski definition) is 2. The van der Waals surface area contributed by atoms with Gasteiger partial charge in [-0.3, -0.25) is 9.89 Å². The number of carbonyl (C=O) groups excluding carboxylic acids is 1. The van der Waals surface area contributed by atoms with E-state index in [0.717, 1.165) is 48.6 Å². The third-order valence-electron chi connectivity index (χ3n) is 4.98. The first-order chi connectivity index (χ1) is 14.0. The summed E-state index contributed by atoms with van der Waals surface area (Å²) >= 11 is 0. The Hall–Kier alpha value is -3.29. The lowest BCUT2D eigenvalue weighted by Gasteiger charge is -2.33. The molecule has 8 heteroatoms. The number of anilines is 1. The number of aromatic amines is 1. The molecule has 1 aliphatic heterocycles. The molecular weight excluding hydrogens is 381 g/mol. The molecule has 2 aromatic carbocycles. The highest BCUT2D eigenvalue weighted by molar-refractivity contribution is 5.94. The van der Waals surface area contributed by atoms with E-state index in [-0.39, 0.29) is 17.4 Å². The van der Waals surface area contributed by atoms with Crippen molar-refractivity contribution in [2.45, 2.75) is 18.9 Å². The molecule has 1 saturated heterocycles. The number of hydrogen-bond acceptors (Lipinski definition) is 3. The molecule has 0 radical (unpaired) electrons. The molecule has 1 atom stereocenters. The summed E-state index contributed by atoms with van der Waals surface area (Å²) in [4.78, 5) is 14.4. The fourth-order valence-electron chi connectivity index (χ4n) is 3.49. The van der Waals surface area contributed by atoms with Gasteiger partial charge in [0.15, 0.2) is 5.82 Å². The smallest absolute Gasteiger partial charge is 0.254 e. The van der Waals surface area contributed by atoms with Gasteiger partial charge in [-0.05, 0) is 54.8 Å². The zero-order valence-electron chi connectivity index (χ0n) is 15.5. The number of nitrogens with zero attached hydrogens (tertiary/aromatic N) is 2. The van der Waals surface area contributed by atoms with Crippen LogP contribution in [0, 0.1) is 17.5 Å². The zero-order chi connectivity index (χ0) is 20.4. The van der Waals surface area contributed by atoms with E-state index in [1.54, 1.807) is 12.1 Å². The van der Waals surface area contributed by atoms with Gasteiger partial charge in [0.25, 0.3) is 5.91 Å². The van der Waals surface area contributed by atoms with Gasteiger partial charge in [-0.2, -0.15) is 5.10 Å². The van der Waals surface area contributed by atoms with Crippen LogP contribution in [0.2, 0.25) is 0 Å². The monoisotopic (exact) mass is 400 g/mol. The Morgan fingerprint density at radius 1 is 1.07 bits per heavy atom. The SMILES string of the molecule is O=C(NC1CCCN(c2cc(-c3ccc(F)cc3)[nH]n2)C1)c1ccc(F)cc1F.